The van der Waals surface area contributed by atoms with Gasteiger partial charge in [-0.2, -0.15) is 0 Å². The highest BCUT2D eigenvalue weighted by Crippen LogP contribution is 2.21. The Balaban J connectivity index is 2.88. The first-order chi connectivity index (χ1) is 7.56. The smallest absolute Gasteiger partial charge is 0.395 e. The van der Waals surface area contributed by atoms with Crippen molar-refractivity contribution >= 4 is 23.2 Å². The molecule has 0 amide bonds. The molecule has 0 saturated heterocycles. The molecule has 0 bridgehead atoms. The van der Waals surface area contributed by atoms with Crippen molar-refractivity contribution in [3.8, 4) is 0 Å². The normalized spacial score (nSPS) is 10.4. The summed E-state index contributed by atoms with van der Waals surface area (Å²) in [6, 6.07) is 0. The molecule has 1 aromatic rings. The van der Waals surface area contributed by atoms with Crippen LogP contribution in [0.2, 0.25) is 5.15 Å². The summed E-state index contributed by atoms with van der Waals surface area (Å²) in [5.41, 5.74) is 5.65. The van der Waals surface area contributed by atoms with Crippen molar-refractivity contribution in [3.05, 3.63) is 21.0 Å². The van der Waals surface area contributed by atoms with Gasteiger partial charge in [0.1, 0.15) is 5.69 Å². The fraction of sp³-hybridized carbons (Fsp3) is 0.429. The molecule has 0 aliphatic carbocycles. The Labute approximate surface area is 95.6 Å². The number of aliphatic hydroxyl groups excluding tert-OH is 1. The largest absolute Gasteiger partial charge is 0.407 e. The number of aromatic nitrogens is 2. The minimum Gasteiger partial charge on any atom is -0.395 e. The van der Waals surface area contributed by atoms with Crippen LogP contribution in [0.5, 0.6) is 0 Å². The van der Waals surface area contributed by atoms with E-state index in [0.717, 1.165) is 0 Å². The number of halogens is 1. The lowest BCUT2D eigenvalue weighted by molar-refractivity contribution is -0.388. The summed E-state index contributed by atoms with van der Waals surface area (Å²) in [6.45, 7) is 0.553. The van der Waals surface area contributed by atoms with Crippen LogP contribution in [0.1, 0.15) is 5.69 Å². The Bertz CT molecular complexity index is 400. The standard InChI is InChI=1S/C7H10ClN5O3/c8-5-4(3-10-1-2-14)11-6(9)7(12-5)13(15)16/h10,14H,1-3H2,(H2,9,11). The summed E-state index contributed by atoms with van der Waals surface area (Å²) in [5.74, 6) is -0.842. The van der Waals surface area contributed by atoms with E-state index in [1.54, 1.807) is 0 Å². The number of rotatable bonds is 5. The van der Waals surface area contributed by atoms with E-state index < -0.39 is 10.7 Å². The molecular weight excluding hydrogens is 238 g/mol. The molecule has 0 saturated carbocycles. The molecule has 1 rings (SSSR count). The Kier molecular flexibility index (Phi) is 4.35. The number of nitrogens with two attached hydrogens (primary N) is 1. The van der Waals surface area contributed by atoms with Gasteiger partial charge < -0.3 is 26.3 Å². The van der Waals surface area contributed by atoms with Crippen LogP contribution < -0.4 is 11.1 Å². The van der Waals surface area contributed by atoms with E-state index in [1.807, 2.05) is 0 Å². The summed E-state index contributed by atoms with van der Waals surface area (Å²) in [6.07, 6.45) is 0. The second-order valence-corrected chi connectivity index (χ2v) is 3.19. The van der Waals surface area contributed by atoms with Crippen molar-refractivity contribution in [1.82, 2.24) is 15.3 Å². The lowest BCUT2D eigenvalue weighted by Crippen LogP contribution is -2.19. The molecule has 0 radical (unpaired) electrons. The Hall–Kier alpha value is -1.51. The van der Waals surface area contributed by atoms with E-state index in [-0.39, 0.29) is 24.1 Å². The summed E-state index contributed by atoms with van der Waals surface area (Å²) < 4.78 is 0. The molecule has 0 unspecified atom stereocenters. The molecule has 9 heteroatoms. The molecule has 0 fully saturated rings. The van der Waals surface area contributed by atoms with Gasteiger partial charge in [0.05, 0.1) is 6.61 Å². The van der Waals surface area contributed by atoms with Crippen LogP contribution in [0.15, 0.2) is 0 Å². The van der Waals surface area contributed by atoms with Crippen LogP contribution >= 0.6 is 11.6 Å². The van der Waals surface area contributed by atoms with E-state index in [1.165, 1.54) is 0 Å². The van der Waals surface area contributed by atoms with E-state index in [9.17, 15) is 10.1 Å². The van der Waals surface area contributed by atoms with Crippen LogP contribution in [-0.4, -0.2) is 33.1 Å². The fourth-order valence-electron chi connectivity index (χ4n) is 0.989. The van der Waals surface area contributed by atoms with Crippen molar-refractivity contribution in [2.75, 3.05) is 18.9 Å². The fourth-order valence-corrected chi connectivity index (χ4v) is 1.18. The lowest BCUT2D eigenvalue weighted by atomic mass is 10.4. The van der Waals surface area contributed by atoms with Crippen molar-refractivity contribution in [2.45, 2.75) is 6.54 Å². The number of anilines is 1. The van der Waals surface area contributed by atoms with Gasteiger partial charge in [-0.05, 0) is 21.5 Å². The van der Waals surface area contributed by atoms with Crippen LogP contribution in [-0.2, 0) is 6.54 Å². The van der Waals surface area contributed by atoms with E-state index in [2.05, 4.69) is 15.3 Å². The predicted octanol–water partition coefficient (Wildman–Crippen LogP) is -0.298. The maximum Gasteiger partial charge on any atom is 0.407 e. The number of nitrogens with zero attached hydrogens (tertiary/aromatic N) is 3. The molecule has 1 aromatic heterocycles. The number of aliphatic hydroxyl groups is 1. The van der Waals surface area contributed by atoms with Crippen LogP contribution in [0.3, 0.4) is 0 Å². The molecule has 0 atom stereocenters. The molecule has 4 N–H and O–H groups in total. The zero-order chi connectivity index (χ0) is 12.1. The maximum absolute atomic E-state index is 10.5. The quantitative estimate of drug-likeness (QED) is 0.370. The second-order valence-electron chi connectivity index (χ2n) is 2.83. The number of nitro groups is 1. The Morgan fingerprint density at radius 1 is 1.56 bits per heavy atom. The third-order valence-electron chi connectivity index (χ3n) is 1.68. The van der Waals surface area contributed by atoms with Crippen LogP contribution in [0.4, 0.5) is 11.6 Å². The van der Waals surface area contributed by atoms with Crippen LogP contribution in [0, 0.1) is 10.1 Å². The molecule has 0 aliphatic heterocycles. The van der Waals surface area contributed by atoms with Gasteiger partial charge in [0.2, 0.25) is 5.82 Å². The van der Waals surface area contributed by atoms with Crippen molar-refractivity contribution in [1.29, 1.82) is 0 Å². The molecular formula is C7H10ClN5O3. The summed E-state index contributed by atoms with van der Waals surface area (Å²) in [7, 11) is 0. The van der Waals surface area contributed by atoms with Crippen molar-refractivity contribution in [2.24, 2.45) is 0 Å². The van der Waals surface area contributed by atoms with Crippen LogP contribution in [0.25, 0.3) is 0 Å². The molecule has 0 aliphatic rings. The average Bonchev–Trinajstić information content (AvgIpc) is 2.22. The van der Waals surface area contributed by atoms with E-state index in [0.29, 0.717) is 12.2 Å². The third-order valence-corrected chi connectivity index (χ3v) is 1.98. The highest BCUT2D eigenvalue weighted by Gasteiger charge is 2.20. The first-order valence-electron chi connectivity index (χ1n) is 4.34. The third kappa shape index (κ3) is 2.99. The van der Waals surface area contributed by atoms with E-state index in [4.69, 9.17) is 22.4 Å². The van der Waals surface area contributed by atoms with Gasteiger partial charge in [0, 0.05) is 13.1 Å². The summed E-state index contributed by atoms with van der Waals surface area (Å²) in [5, 5.41) is 21.7. The number of nitrogens with one attached hydrogen (secondary N) is 1. The first kappa shape index (κ1) is 12.6. The molecule has 0 aromatic carbocycles. The van der Waals surface area contributed by atoms with Crippen molar-refractivity contribution in [3.63, 3.8) is 0 Å². The topological polar surface area (TPSA) is 127 Å². The molecule has 8 nitrogen and oxygen atoms in total. The molecule has 1 heterocycles. The zero-order valence-corrected chi connectivity index (χ0v) is 8.94. The number of hydrogen-bond acceptors (Lipinski definition) is 7. The molecule has 88 valence electrons. The lowest BCUT2D eigenvalue weighted by Gasteiger charge is -2.03. The second kappa shape index (κ2) is 5.54. The van der Waals surface area contributed by atoms with E-state index >= 15 is 0 Å². The van der Waals surface area contributed by atoms with Gasteiger partial charge in [-0.1, -0.05) is 0 Å². The molecule has 16 heavy (non-hydrogen) atoms. The average molecular weight is 248 g/mol. The van der Waals surface area contributed by atoms with Crippen molar-refractivity contribution < 1.29 is 10.0 Å². The Morgan fingerprint density at radius 3 is 2.81 bits per heavy atom. The predicted molar refractivity (Wildman–Crippen MR) is 56.9 cm³/mol. The number of hydrogen-bond donors (Lipinski definition) is 3. The maximum atomic E-state index is 10.5. The SMILES string of the molecule is Nc1nc(CNCCO)c(Cl)nc1[N+](=O)[O-]. The minimum absolute atomic E-state index is 0.0342. The monoisotopic (exact) mass is 247 g/mol. The summed E-state index contributed by atoms with van der Waals surface area (Å²) >= 11 is 5.69. The molecule has 0 spiro atoms. The van der Waals surface area contributed by atoms with Gasteiger partial charge in [-0.3, -0.25) is 0 Å². The first-order valence-corrected chi connectivity index (χ1v) is 4.72. The van der Waals surface area contributed by atoms with Gasteiger partial charge in [0.25, 0.3) is 5.15 Å². The minimum atomic E-state index is -0.751. The Morgan fingerprint density at radius 2 is 2.25 bits per heavy atom. The zero-order valence-electron chi connectivity index (χ0n) is 8.18. The van der Waals surface area contributed by atoms with Gasteiger partial charge in [-0.25, -0.2) is 4.98 Å². The van der Waals surface area contributed by atoms with Gasteiger partial charge in [-0.15, -0.1) is 0 Å². The number of nitrogen functional groups attached to an aromatic ring is 1. The van der Waals surface area contributed by atoms with Gasteiger partial charge in [0.15, 0.2) is 0 Å². The highest BCUT2D eigenvalue weighted by molar-refractivity contribution is 6.30. The summed E-state index contributed by atoms with van der Waals surface area (Å²) in [4.78, 5) is 17.0. The highest BCUT2D eigenvalue weighted by atomic mass is 35.5. The van der Waals surface area contributed by atoms with Gasteiger partial charge >= 0.3 is 5.82 Å².